The summed E-state index contributed by atoms with van der Waals surface area (Å²) in [6, 6.07) is 0. The molecule has 1 unspecified atom stereocenters. The fourth-order valence-electron chi connectivity index (χ4n) is 10.1. The van der Waals surface area contributed by atoms with Crippen LogP contribution in [-0.2, 0) is 23.9 Å². The SMILES string of the molecule is CC=CC=CC(=O)C(COC(=O)CCCCCCCCCCCCCCCCCCCCCCCCCCCC)OCC(=O)CCCCCCCCCCCCCCCCCCCCCCCCCCC. The highest BCUT2D eigenvalue weighted by Crippen LogP contribution is 2.19. The van der Waals surface area contributed by atoms with Crippen LogP contribution in [0.2, 0.25) is 0 Å². The van der Waals surface area contributed by atoms with Crippen LogP contribution in [0, 0.1) is 0 Å². The predicted octanol–water partition coefficient (Wildman–Crippen LogP) is 21.9. The van der Waals surface area contributed by atoms with Gasteiger partial charge < -0.3 is 9.47 Å². The molecule has 0 saturated carbocycles. The highest BCUT2D eigenvalue weighted by Gasteiger charge is 2.20. The molecule has 0 aliphatic heterocycles. The Bertz CT molecular complexity index is 1140. The highest BCUT2D eigenvalue weighted by molar-refractivity contribution is 5.94. The minimum absolute atomic E-state index is 0.00576. The third-order valence-corrected chi connectivity index (χ3v) is 15.0. The Balaban J connectivity index is 3.74. The number of esters is 1. The third kappa shape index (κ3) is 57.4. The second kappa shape index (κ2) is 60.8. The fraction of sp³-hybridized carbons (Fsp3) is 0.894. The van der Waals surface area contributed by atoms with Gasteiger partial charge in [0.2, 0.25) is 0 Å². The van der Waals surface area contributed by atoms with Crippen LogP contribution in [0.4, 0.5) is 0 Å². The maximum Gasteiger partial charge on any atom is 0.305 e. The van der Waals surface area contributed by atoms with Crippen molar-refractivity contribution in [1.29, 1.82) is 0 Å². The molecule has 1 atom stereocenters. The van der Waals surface area contributed by atoms with Gasteiger partial charge in [0.05, 0.1) is 0 Å². The zero-order chi connectivity index (χ0) is 51.4. The monoisotopic (exact) mass is 997 g/mol. The van der Waals surface area contributed by atoms with E-state index in [9.17, 15) is 14.4 Å². The van der Waals surface area contributed by atoms with E-state index in [4.69, 9.17) is 9.47 Å². The van der Waals surface area contributed by atoms with E-state index in [1.54, 1.807) is 12.2 Å². The summed E-state index contributed by atoms with van der Waals surface area (Å²) < 4.78 is 11.3. The number of allylic oxidation sites excluding steroid dienone is 3. The van der Waals surface area contributed by atoms with E-state index in [-0.39, 0.29) is 30.7 Å². The van der Waals surface area contributed by atoms with Gasteiger partial charge in [-0.25, -0.2) is 0 Å². The first-order valence-corrected chi connectivity index (χ1v) is 32.2. The van der Waals surface area contributed by atoms with E-state index in [1.807, 2.05) is 13.0 Å². The minimum atomic E-state index is -0.956. The summed E-state index contributed by atoms with van der Waals surface area (Å²) in [7, 11) is 0. The molecule has 0 aliphatic rings. The summed E-state index contributed by atoms with van der Waals surface area (Å²) in [5, 5.41) is 0. The van der Waals surface area contributed by atoms with Crippen LogP contribution < -0.4 is 0 Å². The van der Waals surface area contributed by atoms with Gasteiger partial charge in [-0.1, -0.05) is 347 Å². The average molecular weight is 998 g/mol. The van der Waals surface area contributed by atoms with Gasteiger partial charge in [-0.3, -0.25) is 14.4 Å². The molecule has 0 aromatic heterocycles. The molecule has 71 heavy (non-hydrogen) atoms. The van der Waals surface area contributed by atoms with Crippen LogP contribution in [0.15, 0.2) is 24.3 Å². The Morgan fingerprint density at radius 1 is 0.338 bits per heavy atom. The van der Waals surface area contributed by atoms with E-state index < -0.39 is 6.10 Å². The number of rotatable bonds is 61. The summed E-state index contributed by atoms with van der Waals surface area (Å²) in [5.41, 5.74) is 0. The van der Waals surface area contributed by atoms with Crippen LogP contribution in [0.3, 0.4) is 0 Å². The van der Waals surface area contributed by atoms with Crippen molar-refractivity contribution < 1.29 is 23.9 Å². The molecule has 5 nitrogen and oxygen atoms in total. The lowest BCUT2D eigenvalue weighted by Crippen LogP contribution is -2.31. The third-order valence-electron chi connectivity index (χ3n) is 15.0. The van der Waals surface area contributed by atoms with Crippen LogP contribution in [0.5, 0.6) is 0 Å². The molecule has 0 heterocycles. The molecular formula is C66H124O5. The molecule has 0 aromatic rings. The van der Waals surface area contributed by atoms with Gasteiger partial charge in [-0.15, -0.1) is 0 Å². The van der Waals surface area contributed by atoms with Crippen LogP contribution in [0.25, 0.3) is 0 Å². The molecule has 0 spiro atoms. The Hall–Kier alpha value is -1.75. The van der Waals surface area contributed by atoms with Gasteiger partial charge in [0.15, 0.2) is 17.7 Å². The molecule has 418 valence electrons. The largest absolute Gasteiger partial charge is 0.462 e. The van der Waals surface area contributed by atoms with Crippen LogP contribution >= 0.6 is 0 Å². The molecular weight excluding hydrogens is 873 g/mol. The van der Waals surface area contributed by atoms with Crippen molar-refractivity contribution in [3.63, 3.8) is 0 Å². The summed E-state index contributed by atoms with van der Waals surface area (Å²) in [6.07, 6.45) is 75.9. The van der Waals surface area contributed by atoms with E-state index in [0.717, 1.165) is 32.1 Å². The van der Waals surface area contributed by atoms with Gasteiger partial charge in [0.25, 0.3) is 0 Å². The molecule has 0 fully saturated rings. The molecule has 0 bridgehead atoms. The zero-order valence-corrected chi connectivity index (χ0v) is 48.3. The topological polar surface area (TPSA) is 69.7 Å². The normalized spacial score (nSPS) is 12.2. The first-order valence-electron chi connectivity index (χ1n) is 32.2. The van der Waals surface area contributed by atoms with Crippen LogP contribution in [0.1, 0.15) is 361 Å². The lowest BCUT2D eigenvalue weighted by atomic mass is 10.0. The number of ketones is 2. The number of ether oxygens (including phenoxy) is 2. The number of carbonyl (C=O) groups excluding carboxylic acids is 3. The molecule has 0 rings (SSSR count). The lowest BCUT2D eigenvalue weighted by molar-refractivity contribution is -0.151. The second-order valence-electron chi connectivity index (χ2n) is 22.1. The van der Waals surface area contributed by atoms with Gasteiger partial charge in [-0.2, -0.15) is 0 Å². The van der Waals surface area contributed by atoms with Crippen molar-refractivity contribution in [3.05, 3.63) is 24.3 Å². The van der Waals surface area contributed by atoms with Crippen molar-refractivity contribution in [2.75, 3.05) is 13.2 Å². The number of Topliss-reactive ketones (excluding diaryl/α,β-unsaturated/α-hetero) is 1. The Labute approximate surface area is 444 Å². The van der Waals surface area contributed by atoms with Crippen molar-refractivity contribution >= 4 is 17.5 Å². The maximum absolute atomic E-state index is 12.9. The van der Waals surface area contributed by atoms with E-state index in [2.05, 4.69) is 13.8 Å². The Morgan fingerprint density at radius 3 is 0.859 bits per heavy atom. The first kappa shape index (κ1) is 69.2. The van der Waals surface area contributed by atoms with Gasteiger partial charge in [0, 0.05) is 12.8 Å². The molecule has 0 aliphatic carbocycles. The minimum Gasteiger partial charge on any atom is -0.462 e. The van der Waals surface area contributed by atoms with Crippen LogP contribution in [-0.4, -0.2) is 36.9 Å². The number of hydrogen-bond acceptors (Lipinski definition) is 5. The highest BCUT2D eigenvalue weighted by atomic mass is 16.6. The van der Waals surface area contributed by atoms with Gasteiger partial charge in [0.1, 0.15) is 13.2 Å². The molecule has 0 N–H and O–H groups in total. The molecule has 0 saturated heterocycles. The smallest absolute Gasteiger partial charge is 0.305 e. The maximum atomic E-state index is 12.9. The Kier molecular flexibility index (Phi) is 59.3. The van der Waals surface area contributed by atoms with E-state index in [1.165, 1.54) is 301 Å². The summed E-state index contributed by atoms with van der Waals surface area (Å²) in [6.45, 7) is 6.21. The van der Waals surface area contributed by atoms with Crippen molar-refractivity contribution in [1.82, 2.24) is 0 Å². The fourth-order valence-corrected chi connectivity index (χ4v) is 10.1. The van der Waals surface area contributed by atoms with Crippen molar-refractivity contribution in [2.24, 2.45) is 0 Å². The standard InChI is InChI=1S/C66H124O5/c1-4-7-10-12-14-16-18-20-22-24-26-28-30-32-34-36-38-40-42-44-46-48-50-52-54-57-60-66(69)71-62-65(64(68)59-55-9-6-3)70-61-63(67)58-56-53-51-49-47-45-43-41-39-37-35-33-31-29-27-25-23-21-19-17-15-13-11-8-5-2/h6,9,55,59,65H,4-5,7-8,10-54,56-58,60-62H2,1-3H3. The van der Waals surface area contributed by atoms with Crippen molar-refractivity contribution in [3.8, 4) is 0 Å². The summed E-state index contributed by atoms with van der Waals surface area (Å²) in [4.78, 5) is 38.1. The number of unbranched alkanes of at least 4 members (excludes halogenated alkanes) is 49. The van der Waals surface area contributed by atoms with Crippen molar-refractivity contribution in [2.45, 2.75) is 367 Å². The second-order valence-corrected chi connectivity index (χ2v) is 22.1. The molecule has 0 radical (unpaired) electrons. The number of hydrogen-bond donors (Lipinski definition) is 0. The summed E-state index contributed by atoms with van der Waals surface area (Å²) in [5.74, 6) is -0.574. The van der Waals surface area contributed by atoms with E-state index in [0.29, 0.717) is 12.8 Å². The van der Waals surface area contributed by atoms with Gasteiger partial charge >= 0.3 is 5.97 Å². The zero-order valence-electron chi connectivity index (χ0n) is 48.3. The van der Waals surface area contributed by atoms with Gasteiger partial charge in [-0.05, 0) is 25.8 Å². The average Bonchev–Trinajstić information content (AvgIpc) is 3.37. The lowest BCUT2D eigenvalue weighted by Gasteiger charge is -2.15. The number of carbonyl (C=O) groups is 3. The van der Waals surface area contributed by atoms with E-state index >= 15 is 0 Å². The molecule has 5 heteroatoms. The Morgan fingerprint density at radius 2 is 0.592 bits per heavy atom. The molecule has 0 aromatic carbocycles. The quantitative estimate of drug-likeness (QED) is 0.0263. The molecule has 0 amide bonds. The first-order chi connectivity index (χ1) is 35.0. The summed E-state index contributed by atoms with van der Waals surface area (Å²) >= 11 is 0. The predicted molar refractivity (Wildman–Crippen MR) is 311 cm³/mol.